The van der Waals surface area contributed by atoms with E-state index in [1.807, 2.05) is 20.8 Å². The Morgan fingerprint density at radius 2 is 1.25 bits per heavy atom. The van der Waals surface area contributed by atoms with E-state index in [4.69, 9.17) is 9.84 Å². The van der Waals surface area contributed by atoms with Gasteiger partial charge in [-0.2, -0.15) is 0 Å². The molecule has 52 valence electrons. The molecule has 0 unspecified atom stereocenters. The zero-order valence-electron chi connectivity index (χ0n) is 6.36. The molecule has 0 atom stereocenters. The van der Waals surface area contributed by atoms with Gasteiger partial charge in [0.25, 0.3) is 0 Å². The van der Waals surface area contributed by atoms with Crippen LogP contribution in [0.25, 0.3) is 0 Å². The Bertz CT molecular complexity index is 36.3. The number of aliphatic hydroxyl groups is 1. The van der Waals surface area contributed by atoms with E-state index in [0.29, 0.717) is 0 Å². The summed E-state index contributed by atoms with van der Waals surface area (Å²) in [6, 6.07) is 0. The van der Waals surface area contributed by atoms with Crippen molar-refractivity contribution in [1.82, 2.24) is 0 Å². The fourth-order valence-electron chi connectivity index (χ4n) is 0. The van der Waals surface area contributed by atoms with Gasteiger partial charge in [-0.15, -0.1) is 0 Å². The Kier molecular flexibility index (Phi) is 6.85. The van der Waals surface area contributed by atoms with Crippen molar-refractivity contribution in [3.8, 4) is 0 Å². The second-order valence-corrected chi connectivity index (χ2v) is 2.32. The molecule has 0 saturated heterocycles. The molecule has 0 amide bonds. The summed E-state index contributed by atoms with van der Waals surface area (Å²) in [4.78, 5) is 0. The first-order valence-electron chi connectivity index (χ1n) is 2.56. The second-order valence-electron chi connectivity index (χ2n) is 2.32. The predicted octanol–water partition coefficient (Wildman–Crippen LogP) is 1.04. The second kappa shape index (κ2) is 5.06. The van der Waals surface area contributed by atoms with Crippen molar-refractivity contribution in [3.05, 3.63) is 0 Å². The lowest BCUT2D eigenvalue weighted by molar-refractivity contribution is 0.0397. The van der Waals surface area contributed by atoms with Gasteiger partial charge in [-0.05, 0) is 20.8 Å². The van der Waals surface area contributed by atoms with E-state index in [1.165, 1.54) is 0 Å². The molecule has 2 heteroatoms. The Morgan fingerprint density at radius 1 is 1.12 bits per heavy atom. The van der Waals surface area contributed by atoms with E-state index < -0.39 is 0 Å². The minimum atomic E-state index is 0.0417. The summed E-state index contributed by atoms with van der Waals surface area (Å²) in [7, 11) is 2.71. The van der Waals surface area contributed by atoms with Crippen molar-refractivity contribution in [2.75, 3.05) is 14.2 Å². The molecule has 0 saturated carbocycles. The first kappa shape index (κ1) is 10.8. The molecule has 0 radical (unpaired) electrons. The molecule has 0 aromatic rings. The third-order valence-corrected chi connectivity index (χ3v) is 0.612. The van der Waals surface area contributed by atoms with E-state index in [0.717, 1.165) is 7.11 Å². The third kappa shape index (κ3) is 16.8. The molecule has 0 fully saturated rings. The Hall–Kier alpha value is -0.0800. The highest BCUT2D eigenvalue weighted by atomic mass is 16.5. The van der Waals surface area contributed by atoms with Crippen LogP contribution in [0.4, 0.5) is 0 Å². The molecule has 8 heavy (non-hydrogen) atoms. The molecule has 0 aromatic heterocycles. The maximum absolute atomic E-state index is 7.00. The molecule has 0 aliphatic heterocycles. The van der Waals surface area contributed by atoms with Gasteiger partial charge in [-0.3, -0.25) is 0 Å². The minimum absolute atomic E-state index is 0.0417. The number of ether oxygens (including phenoxy) is 1. The predicted molar refractivity (Wildman–Crippen MR) is 34.9 cm³/mol. The van der Waals surface area contributed by atoms with Gasteiger partial charge in [0.1, 0.15) is 0 Å². The lowest BCUT2D eigenvalue weighted by Gasteiger charge is -2.14. The molecule has 0 aliphatic carbocycles. The quantitative estimate of drug-likeness (QED) is 0.517. The summed E-state index contributed by atoms with van der Waals surface area (Å²) in [5.74, 6) is 0. The van der Waals surface area contributed by atoms with Crippen LogP contribution in [0, 0.1) is 0 Å². The van der Waals surface area contributed by atoms with Crippen LogP contribution in [0.1, 0.15) is 20.8 Å². The molecule has 0 bridgehead atoms. The zero-order chi connectivity index (χ0) is 7.21. The molecule has 0 heterocycles. The molecule has 0 aliphatic rings. The monoisotopic (exact) mass is 120 g/mol. The molecule has 1 N–H and O–H groups in total. The molecular weight excluding hydrogens is 104 g/mol. The van der Waals surface area contributed by atoms with Crippen molar-refractivity contribution in [3.63, 3.8) is 0 Å². The van der Waals surface area contributed by atoms with Crippen LogP contribution in [0.15, 0.2) is 0 Å². The normalized spacial score (nSPS) is 9.75. The summed E-state index contributed by atoms with van der Waals surface area (Å²) < 4.78 is 4.94. The van der Waals surface area contributed by atoms with E-state index in [-0.39, 0.29) is 5.60 Å². The molecule has 0 spiro atoms. The maximum Gasteiger partial charge on any atom is 0.0594 e. The average Bonchev–Trinajstić information content (AvgIpc) is 1.71. The highest BCUT2D eigenvalue weighted by Crippen LogP contribution is 2.02. The number of rotatable bonds is 0. The van der Waals surface area contributed by atoms with Crippen LogP contribution in [-0.4, -0.2) is 24.9 Å². The lowest BCUT2D eigenvalue weighted by Crippen LogP contribution is -2.15. The van der Waals surface area contributed by atoms with Crippen LogP contribution < -0.4 is 0 Å². The summed E-state index contributed by atoms with van der Waals surface area (Å²) in [6.45, 7) is 6.06. The Labute approximate surface area is 51.5 Å². The standard InChI is InChI=1S/C5H12O.CH4O/c1-5(2,3)6-4;1-2/h1-4H3;2H,1H3. The molecule has 2 nitrogen and oxygen atoms in total. The minimum Gasteiger partial charge on any atom is -0.400 e. The molecule has 0 aromatic carbocycles. The van der Waals surface area contributed by atoms with Gasteiger partial charge in [-0.25, -0.2) is 0 Å². The van der Waals surface area contributed by atoms with Crippen LogP contribution >= 0.6 is 0 Å². The fraction of sp³-hybridized carbons (Fsp3) is 1.00. The van der Waals surface area contributed by atoms with Gasteiger partial charge < -0.3 is 9.84 Å². The average molecular weight is 120 g/mol. The van der Waals surface area contributed by atoms with Gasteiger partial charge in [0.2, 0.25) is 0 Å². The number of hydrogen-bond acceptors (Lipinski definition) is 2. The topological polar surface area (TPSA) is 29.5 Å². The van der Waals surface area contributed by atoms with Gasteiger partial charge in [0.15, 0.2) is 0 Å². The number of methoxy groups -OCH3 is 1. The fourth-order valence-corrected chi connectivity index (χ4v) is 0. The highest BCUT2D eigenvalue weighted by Gasteiger charge is 2.03. The van der Waals surface area contributed by atoms with Crippen molar-refractivity contribution >= 4 is 0 Å². The van der Waals surface area contributed by atoms with Gasteiger partial charge in [0, 0.05) is 14.2 Å². The SMILES string of the molecule is CO.COC(C)(C)C. The van der Waals surface area contributed by atoms with Crippen LogP contribution in [0.3, 0.4) is 0 Å². The Balaban J connectivity index is 0. The van der Waals surface area contributed by atoms with Crippen molar-refractivity contribution < 1.29 is 9.84 Å². The van der Waals surface area contributed by atoms with Gasteiger partial charge >= 0.3 is 0 Å². The van der Waals surface area contributed by atoms with Crippen molar-refractivity contribution in [1.29, 1.82) is 0 Å². The van der Waals surface area contributed by atoms with Crippen molar-refractivity contribution in [2.45, 2.75) is 26.4 Å². The summed E-state index contributed by atoms with van der Waals surface area (Å²) in [5.41, 5.74) is 0.0417. The zero-order valence-corrected chi connectivity index (χ0v) is 6.36. The molecule has 0 rings (SSSR count). The van der Waals surface area contributed by atoms with E-state index >= 15 is 0 Å². The van der Waals surface area contributed by atoms with E-state index in [1.54, 1.807) is 7.11 Å². The summed E-state index contributed by atoms with van der Waals surface area (Å²) in [6.07, 6.45) is 0. The summed E-state index contributed by atoms with van der Waals surface area (Å²) >= 11 is 0. The maximum atomic E-state index is 7.00. The first-order valence-corrected chi connectivity index (χ1v) is 2.56. The molecular formula is C6H16O2. The summed E-state index contributed by atoms with van der Waals surface area (Å²) in [5, 5.41) is 7.00. The van der Waals surface area contributed by atoms with Gasteiger partial charge in [0.05, 0.1) is 5.60 Å². The van der Waals surface area contributed by atoms with Gasteiger partial charge in [-0.1, -0.05) is 0 Å². The smallest absolute Gasteiger partial charge is 0.0594 e. The van der Waals surface area contributed by atoms with Crippen molar-refractivity contribution in [2.24, 2.45) is 0 Å². The van der Waals surface area contributed by atoms with E-state index in [2.05, 4.69) is 0 Å². The lowest BCUT2D eigenvalue weighted by atomic mass is 10.2. The Morgan fingerprint density at radius 3 is 1.25 bits per heavy atom. The largest absolute Gasteiger partial charge is 0.400 e. The van der Waals surface area contributed by atoms with Crippen LogP contribution in [0.5, 0.6) is 0 Å². The highest BCUT2D eigenvalue weighted by molar-refractivity contribution is 4.55. The first-order chi connectivity index (χ1) is 3.56. The number of hydrogen-bond donors (Lipinski definition) is 1. The van der Waals surface area contributed by atoms with E-state index in [9.17, 15) is 0 Å². The number of aliphatic hydroxyl groups excluding tert-OH is 1. The third-order valence-electron chi connectivity index (χ3n) is 0.612. The van der Waals surface area contributed by atoms with Crippen LogP contribution in [-0.2, 0) is 4.74 Å². The van der Waals surface area contributed by atoms with Crippen LogP contribution in [0.2, 0.25) is 0 Å².